The number of anilines is 1. The third kappa shape index (κ3) is 4.41. The van der Waals surface area contributed by atoms with Gasteiger partial charge < -0.3 is 4.74 Å². The van der Waals surface area contributed by atoms with Crippen LogP contribution in [-0.2, 0) is 17.1 Å². The standard InChI is InChI=1S/C22H21N5O3S/c1-15-9-7-8-12-19(15)20-16(2)21(30-17-10-5-4-6-11-17)25-22(24-20)26-31(28,29)18-13-23-27(3)14-18/h4-14H,1-3H3,(H,24,25,26). The Morgan fingerprint density at radius 1 is 0.968 bits per heavy atom. The Morgan fingerprint density at radius 3 is 2.35 bits per heavy atom. The van der Waals surface area contributed by atoms with Crippen LogP contribution in [0.2, 0.25) is 0 Å². The van der Waals surface area contributed by atoms with E-state index in [-0.39, 0.29) is 16.7 Å². The molecule has 158 valence electrons. The molecule has 1 N–H and O–H groups in total. The summed E-state index contributed by atoms with van der Waals surface area (Å²) in [6.07, 6.45) is 2.67. The van der Waals surface area contributed by atoms with Crippen LogP contribution < -0.4 is 9.46 Å². The normalized spacial score (nSPS) is 11.3. The summed E-state index contributed by atoms with van der Waals surface area (Å²) in [6, 6.07) is 16.9. The Bertz CT molecular complexity index is 1330. The molecule has 0 unspecified atom stereocenters. The highest BCUT2D eigenvalue weighted by molar-refractivity contribution is 7.92. The van der Waals surface area contributed by atoms with Gasteiger partial charge in [0.25, 0.3) is 10.0 Å². The second kappa shape index (κ2) is 8.19. The number of ether oxygens (including phenoxy) is 1. The maximum Gasteiger partial charge on any atom is 0.267 e. The molecule has 0 bridgehead atoms. The molecule has 0 aliphatic carbocycles. The summed E-state index contributed by atoms with van der Waals surface area (Å²) < 4.78 is 35.4. The Labute approximate surface area is 180 Å². The van der Waals surface area contributed by atoms with Crippen LogP contribution in [-0.4, -0.2) is 28.2 Å². The zero-order valence-electron chi connectivity index (χ0n) is 17.3. The molecule has 0 fully saturated rings. The third-order valence-electron chi connectivity index (χ3n) is 4.68. The van der Waals surface area contributed by atoms with E-state index >= 15 is 0 Å². The molecule has 0 radical (unpaired) electrons. The van der Waals surface area contributed by atoms with Gasteiger partial charge in [-0.05, 0) is 31.5 Å². The van der Waals surface area contributed by atoms with Crippen molar-refractivity contribution in [3.63, 3.8) is 0 Å². The van der Waals surface area contributed by atoms with Crippen LogP contribution in [0.4, 0.5) is 5.95 Å². The Hall–Kier alpha value is -3.72. The lowest BCUT2D eigenvalue weighted by Crippen LogP contribution is -2.15. The molecule has 2 aromatic carbocycles. The molecule has 8 nitrogen and oxygen atoms in total. The van der Waals surface area contributed by atoms with E-state index in [1.807, 2.05) is 56.3 Å². The van der Waals surface area contributed by atoms with Crippen LogP contribution in [0.5, 0.6) is 11.6 Å². The molecule has 31 heavy (non-hydrogen) atoms. The summed E-state index contributed by atoms with van der Waals surface area (Å²) in [5.74, 6) is 0.767. The third-order valence-corrected chi connectivity index (χ3v) is 5.96. The molecule has 0 aliphatic rings. The summed E-state index contributed by atoms with van der Waals surface area (Å²) in [6.45, 7) is 3.81. The van der Waals surface area contributed by atoms with Crippen LogP contribution >= 0.6 is 0 Å². The first-order valence-electron chi connectivity index (χ1n) is 9.52. The van der Waals surface area contributed by atoms with Crippen LogP contribution in [0.3, 0.4) is 0 Å². The number of benzene rings is 2. The number of hydrogen-bond donors (Lipinski definition) is 1. The lowest BCUT2D eigenvalue weighted by molar-refractivity contribution is 0.459. The maximum atomic E-state index is 12.8. The summed E-state index contributed by atoms with van der Waals surface area (Å²) >= 11 is 0. The van der Waals surface area contributed by atoms with E-state index in [1.54, 1.807) is 19.2 Å². The van der Waals surface area contributed by atoms with Gasteiger partial charge in [-0.25, -0.2) is 18.1 Å². The first kappa shape index (κ1) is 20.5. The molecular weight excluding hydrogens is 414 g/mol. The van der Waals surface area contributed by atoms with Gasteiger partial charge in [-0.2, -0.15) is 10.1 Å². The van der Waals surface area contributed by atoms with Crippen molar-refractivity contribution in [2.24, 2.45) is 7.05 Å². The highest BCUT2D eigenvalue weighted by Crippen LogP contribution is 2.33. The largest absolute Gasteiger partial charge is 0.439 e. The lowest BCUT2D eigenvalue weighted by atomic mass is 10.0. The number of sulfonamides is 1. The van der Waals surface area contributed by atoms with Crippen molar-refractivity contribution in [2.45, 2.75) is 18.7 Å². The molecule has 0 saturated carbocycles. The molecule has 2 aromatic heterocycles. The summed E-state index contributed by atoms with van der Waals surface area (Å²) in [5.41, 5.74) is 3.14. The SMILES string of the molecule is Cc1ccccc1-c1nc(NS(=O)(=O)c2cnn(C)c2)nc(Oc2ccccc2)c1C. The molecule has 4 aromatic rings. The predicted octanol–water partition coefficient (Wildman–Crippen LogP) is 4.09. The second-order valence-electron chi connectivity index (χ2n) is 7.01. The van der Waals surface area contributed by atoms with E-state index in [9.17, 15) is 8.42 Å². The number of aryl methyl sites for hydroxylation is 2. The molecule has 2 heterocycles. The minimum Gasteiger partial charge on any atom is -0.439 e. The van der Waals surface area contributed by atoms with Crippen molar-refractivity contribution in [2.75, 3.05) is 4.72 Å². The van der Waals surface area contributed by atoms with Gasteiger partial charge in [0, 0.05) is 24.4 Å². The quantitative estimate of drug-likeness (QED) is 0.490. The smallest absolute Gasteiger partial charge is 0.267 e. The van der Waals surface area contributed by atoms with Gasteiger partial charge in [-0.3, -0.25) is 4.68 Å². The number of para-hydroxylation sites is 1. The van der Waals surface area contributed by atoms with E-state index in [1.165, 1.54) is 17.1 Å². The molecular formula is C22H21N5O3S. The van der Waals surface area contributed by atoms with Crippen molar-refractivity contribution in [3.8, 4) is 22.9 Å². The zero-order chi connectivity index (χ0) is 22.0. The van der Waals surface area contributed by atoms with E-state index in [2.05, 4.69) is 19.8 Å². The van der Waals surface area contributed by atoms with Crippen molar-refractivity contribution in [1.82, 2.24) is 19.7 Å². The van der Waals surface area contributed by atoms with Gasteiger partial charge in [-0.1, -0.05) is 42.5 Å². The minimum atomic E-state index is -3.92. The highest BCUT2D eigenvalue weighted by Gasteiger charge is 2.21. The number of aromatic nitrogens is 4. The highest BCUT2D eigenvalue weighted by atomic mass is 32.2. The number of hydrogen-bond acceptors (Lipinski definition) is 6. The predicted molar refractivity (Wildman–Crippen MR) is 117 cm³/mol. The average molecular weight is 436 g/mol. The summed E-state index contributed by atoms with van der Waals surface area (Å²) in [7, 11) is -2.28. The Kier molecular flexibility index (Phi) is 5.43. The fourth-order valence-electron chi connectivity index (χ4n) is 3.06. The van der Waals surface area contributed by atoms with Gasteiger partial charge in [0.2, 0.25) is 11.8 Å². The molecule has 0 spiro atoms. The van der Waals surface area contributed by atoms with Crippen LogP contribution in [0.1, 0.15) is 11.1 Å². The fraction of sp³-hybridized carbons (Fsp3) is 0.136. The first-order valence-corrected chi connectivity index (χ1v) is 11.0. The van der Waals surface area contributed by atoms with E-state index < -0.39 is 10.0 Å². The van der Waals surface area contributed by atoms with Gasteiger partial charge >= 0.3 is 0 Å². The number of nitrogens with one attached hydrogen (secondary N) is 1. The van der Waals surface area contributed by atoms with Gasteiger partial charge in [0.05, 0.1) is 11.9 Å². The molecule has 0 aliphatic heterocycles. The summed E-state index contributed by atoms with van der Waals surface area (Å²) in [5, 5.41) is 3.92. The maximum absolute atomic E-state index is 12.8. The Balaban J connectivity index is 1.82. The first-order chi connectivity index (χ1) is 14.8. The van der Waals surface area contributed by atoms with E-state index in [4.69, 9.17) is 4.74 Å². The van der Waals surface area contributed by atoms with Crippen molar-refractivity contribution in [3.05, 3.63) is 78.1 Å². The van der Waals surface area contributed by atoms with Crippen molar-refractivity contribution < 1.29 is 13.2 Å². The molecule has 4 rings (SSSR count). The molecule has 0 saturated heterocycles. The van der Waals surface area contributed by atoms with Gasteiger partial charge in [0.15, 0.2) is 0 Å². The van der Waals surface area contributed by atoms with Gasteiger partial charge in [-0.15, -0.1) is 0 Å². The molecule has 0 atom stereocenters. The topological polar surface area (TPSA) is 99.0 Å². The van der Waals surface area contributed by atoms with Crippen LogP contribution in [0, 0.1) is 13.8 Å². The van der Waals surface area contributed by atoms with Crippen molar-refractivity contribution >= 4 is 16.0 Å². The number of rotatable bonds is 6. The van der Waals surface area contributed by atoms with Gasteiger partial charge in [0.1, 0.15) is 10.6 Å². The van der Waals surface area contributed by atoms with E-state index in [0.29, 0.717) is 17.0 Å². The lowest BCUT2D eigenvalue weighted by Gasteiger charge is -2.15. The monoisotopic (exact) mass is 435 g/mol. The molecule has 0 amide bonds. The molecule has 9 heteroatoms. The summed E-state index contributed by atoms with van der Waals surface area (Å²) in [4.78, 5) is 8.88. The second-order valence-corrected chi connectivity index (χ2v) is 8.69. The van der Waals surface area contributed by atoms with Crippen molar-refractivity contribution in [1.29, 1.82) is 0 Å². The van der Waals surface area contributed by atoms with Crippen LogP contribution in [0.25, 0.3) is 11.3 Å². The minimum absolute atomic E-state index is 0.0159. The van der Waals surface area contributed by atoms with E-state index in [0.717, 1.165) is 11.1 Å². The Morgan fingerprint density at radius 2 is 1.68 bits per heavy atom. The number of nitrogens with zero attached hydrogens (tertiary/aromatic N) is 4. The average Bonchev–Trinajstić information content (AvgIpc) is 3.19. The fourth-order valence-corrected chi connectivity index (χ4v) is 3.99. The zero-order valence-corrected chi connectivity index (χ0v) is 18.1. The van der Waals surface area contributed by atoms with Crippen LogP contribution in [0.15, 0.2) is 71.9 Å².